The zero-order valence-corrected chi connectivity index (χ0v) is 34.0. The molecule has 0 bridgehead atoms. The molecule has 1 saturated heterocycles. The van der Waals surface area contributed by atoms with Crippen LogP contribution in [0.15, 0.2) is 143 Å². The Labute approximate surface area is 354 Å². The van der Waals surface area contributed by atoms with Gasteiger partial charge in [0.05, 0.1) is 6.61 Å². The van der Waals surface area contributed by atoms with Gasteiger partial charge in [-0.2, -0.15) is 0 Å². The fourth-order valence-electron chi connectivity index (χ4n) is 6.59. The first-order chi connectivity index (χ1) is 29.3. The molecule has 3 N–H and O–H groups in total. The second kappa shape index (κ2) is 19.3. The molecule has 2 aliphatic rings. The van der Waals surface area contributed by atoms with Gasteiger partial charge >= 0.3 is 12.1 Å². The average Bonchev–Trinajstić information content (AvgIpc) is 3.73. The Morgan fingerprint density at radius 2 is 1.52 bits per heavy atom. The molecule has 0 unspecified atom stereocenters. The number of carbonyl (C=O) groups is 4. The number of allylic oxidation sites excluding steroid dienone is 1. The van der Waals surface area contributed by atoms with E-state index < -0.39 is 41.0 Å². The van der Waals surface area contributed by atoms with Gasteiger partial charge in [0, 0.05) is 40.2 Å². The van der Waals surface area contributed by atoms with Gasteiger partial charge in [-0.15, -0.1) is 23.1 Å². The number of nitrogens with two attached hydrogens (primary N) is 1. The second-order valence-electron chi connectivity index (χ2n) is 13.3. The highest BCUT2D eigenvalue weighted by Gasteiger charge is 2.54. The number of fused-ring (bicyclic) bond motifs is 1. The first-order valence-corrected chi connectivity index (χ1v) is 20.9. The van der Waals surface area contributed by atoms with Crippen molar-refractivity contribution in [3.63, 3.8) is 0 Å². The molecule has 0 spiro atoms. The number of oxime groups is 1. The number of ether oxygens (including phenoxy) is 3. The van der Waals surface area contributed by atoms with Crippen molar-refractivity contribution < 1.29 is 38.2 Å². The standard InChI is InChI=1S/C44H40N6O8S2/c1-2-23-56-43(54)57-25-24-55-41(53)37-30(21-20-29-13-12-22-46-26-29)27-59-40-36(39(52)50(37)40)48-38(51)35(34-28-60-42(45)47-34)49-58-44(31-14-6-3-7-15-31,32-16-8-4-9-17-32)33-18-10-5-11-19-33/h3-22,26,28,36,40H,2,23-25,27H2,1H3,(H2,45,47)(H,48,51)/b21-20-,49-35?/t36-,40+/m1/s1. The van der Waals surface area contributed by atoms with Gasteiger partial charge in [-0.05, 0) is 23.6 Å². The lowest BCUT2D eigenvalue weighted by Crippen LogP contribution is -2.71. The van der Waals surface area contributed by atoms with Crippen molar-refractivity contribution in [3.05, 3.63) is 166 Å². The van der Waals surface area contributed by atoms with E-state index in [0.717, 1.165) is 33.6 Å². The van der Waals surface area contributed by atoms with Crippen LogP contribution in [0.25, 0.3) is 6.08 Å². The Morgan fingerprint density at radius 3 is 2.10 bits per heavy atom. The van der Waals surface area contributed by atoms with Crippen molar-refractivity contribution in [1.29, 1.82) is 0 Å². The Kier molecular flexibility index (Phi) is 13.3. The number of β-lactam (4-membered cyclic amide) rings is 1. The molecular weight excluding hydrogens is 805 g/mol. The average molecular weight is 845 g/mol. The first-order valence-electron chi connectivity index (χ1n) is 19.0. The van der Waals surface area contributed by atoms with Crippen molar-refractivity contribution >= 4 is 64.0 Å². The van der Waals surface area contributed by atoms with Gasteiger partial charge in [-0.25, -0.2) is 14.6 Å². The monoisotopic (exact) mass is 844 g/mol. The number of nitrogens with zero attached hydrogens (tertiary/aromatic N) is 4. The summed E-state index contributed by atoms with van der Waals surface area (Å²) < 4.78 is 15.4. The highest BCUT2D eigenvalue weighted by atomic mass is 32.2. The van der Waals surface area contributed by atoms with E-state index in [4.69, 9.17) is 24.8 Å². The summed E-state index contributed by atoms with van der Waals surface area (Å²) in [6, 6.07) is 31.1. The summed E-state index contributed by atoms with van der Waals surface area (Å²) in [5.41, 5.74) is 8.18. The van der Waals surface area contributed by atoms with Crippen LogP contribution >= 0.6 is 23.1 Å². The van der Waals surface area contributed by atoms with Crippen molar-refractivity contribution in [1.82, 2.24) is 20.2 Å². The number of pyridine rings is 1. The van der Waals surface area contributed by atoms with Gasteiger partial charge in [0.2, 0.25) is 5.60 Å². The number of nitrogen functional groups attached to an aromatic ring is 1. The third-order valence-corrected chi connectivity index (χ3v) is 11.4. The summed E-state index contributed by atoms with van der Waals surface area (Å²) in [7, 11) is 0. The molecule has 0 saturated carbocycles. The normalized spacial score (nSPS) is 16.4. The molecule has 2 amide bonds. The molecule has 60 heavy (non-hydrogen) atoms. The smallest absolute Gasteiger partial charge is 0.457 e. The third kappa shape index (κ3) is 9.09. The summed E-state index contributed by atoms with van der Waals surface area (Å²) in [5, 5.41) is 8.48. The molecule has 3 aromatic carbocycles. The van der Waals surface area contributed by atoms with Gasteiger partial charge in [0.25, 0.3) is 11.8 Å². The topological polar surface area (TPSA) is 185 Å². The van der Waals surface area contributed by atoms with E-state index >= 15 is 0 Å². The first kappa shape index (κ1) is 41.4. The van der Waals surface area contributed by atoms with Crippen molar-refractivity contribution in [2.24, 2.45) is 5.16 Å². The van der Waals surface area contributed by atoms with Crippen LogP contribution in [0, 0.1) is 0 Å². The largest absolute Gasteiger partial charge is 0.508 e. The van der Waals surface area contributed by atoms with E-state index in [2.05, 4.69) is 20.4 Å². The molecule has 16 heteroatoms. The number of amides is 2. The van der Waals surface area contributed by atoms with E-state index in [9.17, 15) is 19.2 Å². The Hall–Kier alpha value is -6.78. The predicted octanol–water partition coefficient (Wildman–Crippen LogP) is 6.31. The number of carbonyl (C=O) groups excluding carboxylic acids is 4. The fourth-order valence-corrected chi connectivity index (χ4v) is 8.45. The molecule has 4 heterocycles. The summed E-state index contributed by atoms with van der Waals surface area (Å²) in [6.07, 6.45) is 6.54. The molecule has 5 aromatic rings. The fraction of sp³-hybridized carbons (Fsp3) is 0.205. The lowest BCUT2D eigenvalue weighted by atomic mass is 9.80. The van der Waals surface area contributed by atoms with Crippen LogP contribution in [0.4, 0.5) is 9.93 Å². The Bertz CT molecular complexity index is 2300. The summed E-state index contributed by atoms with van der Waals surface area (Å²) in [4.78, 5) is 70.4. The molecule has 306 valence electrons. The number of rotatable bonds is 16. The van der Waals surface area contributed by atoms with E-state index in [1.54, 1.807) is 36.0 Å². The quantitative estimate of drug-likeness (QED) is 0.0282. The maximum Gasteiger partial charge on any atom is 0.508 e. The SMILES string of the molecule is CCCOC(=O)OCCOC(=O)C1=C(/C=C\c2cccnc2)CS[C@H]2[C@H](NC(=O)C(=NOC(c3ccccc3)(c3ccccc3)c3ccccc3)c3csc(N)n3)C(=O)N12. The minimum absolute atomic E-state index is 0.00538. The highest BCUT2D eigenvalue weighted by molar-refractivity contribution is 8.00. The second-order valence-corrected chi connectivity index (χ2v) is 15.3. The number of benzene rings is 3. The number of esters is 1. The summed E-state index contributed by atoms with van der Waals surface area (Å²) in [5.74, 6) is -1.81. The lowest BCUT2D eigenvalue weighted by Gasteiger charge is -2.49. The maximum absolute atomic E-state index is 14.4. The molecule has 0 aliphatic carbocycles. The number of thiazole rings is 1. The van der Waals surface area contributed by atoms with Crippen LogP contribution in [0.1, 0.15) is 41.3 Å². The van der Waals surface area contributed by atoms with Gasteiger partial charge in [0.1, 0.15) is 36.0 Å². The third-order valence-electron chi connectivity index (χ3n) is 9.39. The highest BCUT2D eigenvalue weighted by Crippen LogP contribution is 2.42. The Balaban J connectivity index is 1.17. The molecule has 14 nitrogen and oxygen atoms in total. The van der Waals surface area contributed by atoms with E-state index in [-0.39, 0.29) is 42.1 Å². The number of thioether (sulfide) groups is 1. The van der Waals surface area contributed by atoms with Crippen molar-refractivity contribution in [2.75, 3.05) is 31.3 Å². The van der Waals surface area contributed by atoms with Gasteiger partial charge in [-0.1, -0.05) is 121 Å². The van der Waals surface area contributed by atoms with Crippen LogP contribution in [-0.4, -0.2) is 81.5 Å². The number of aromatic nitrogens is 2. The molecular formula is C44H40N6O8S2. The van der Waals surface area contributed by atoms with Crippen LogP contribution in [0.3, 0.4) is 0 Å². The van der Waals surface area contributed by atoms with Crippen LogP contribution < -0.4 is 11.1 Å². The van der Waals surface area contributed by atoms with Crippen molar-refractivity contribution in [3.8, 4) is 0 Å². The molecule has 2 aromatic heterocycles. The zero-order valence-electron chi connectivity index (χ0n) is 32.3. The summed E-state index contributed by atoms with van der Waals surface area (Å²) in [6.45, 7) is 1.51. The van der Waals surface area contributed by atoms with Gasteiger partial charge in [0.15, 0.2) is 10.8 Å². The number of nitrogens with one attached hydrogen (secondary N) is 1. The van der Waals surface area contributed by atoms with E-state index in [0.29, 0.717) is 17.7 Å². The zero-order chi connectivity index (χ0) is 41.9. The molecule has 1 fully saturated rings. The van der Waals surface area contributed by atoms with Crippen LogP contribution in [0.5, 0.6) is 0 Å². The predicted molar refractivity (Wildman–Crippen MR) is 227 cm³/mol. The van der Waals surface area contributed by atoms with Crippen molar-refractivity contribution in [2.45, 2.75) is 30.4 Å². The molecule has 2 aliphatic heterocycles. The minimum Gasteiger partial charge on any atom is -0.457 e. The number of hydrogen-bond acceptors (Lipinski definition) is 14. The van der Waals surface area contributed by atoms with Gasteiger partial charge in [-0.3, -0.25) is 19.5 Å². The molecule has 0 radical (unpaired) electrons. The summed E-state index contributed by atoms with van der Waals surface area (Å²) >= 11 is 2.48. The van der Waals surface area contributed by atoms with E-state index in [1.165, 1.54) is 16.7 Å². The minimum atomic E-state index is -1.32. The Morgan fingerprint density at radius 1 is 0.883 bits per heavy atom. The molecule has 2 atom stereocenters. The van der Waals surface area contributed by atoms with E-state index in [1.807, 2.05) is 104 Å². The number of hydrogen-bond donors (Lipinski definition) is 2. The number of anilines is 1. The van der Waals surface area contributed by atoms with Crippen LogP contribution in [0.2, 0.25) is 0 Å². The molecule has 7 rings (SSSR count). The lowest BCUT2D eigenvalue weighted by molar-refractivity contribution is -0.153. The van der Waals surface area contributed by atoms with Gasteiger partial charge < -0.3 is 30.1 Å². The maximum atomic E-state index is 14.4. The van der Waals surface area contributed by atoms with Crippen LogP contribution in [-0.2, 0) is 39.0 Å².